The summed E-state index contributed by atoms with van der Waals surface area (Å²) >= 11 is 12.0. The van der Waals surface area contributed by atoms with Gasteiger partial charge in [0.15, 0.2) is 0 Å². The SMILES string of the molecule is CCCNCCNC(=O)C(C)Cc1ccc(Cl)cc1Cl. The fraction of sp³-hybridized carbons (Fsp3) is 0.533. The number of halogens is 2. The van der Waals surface area contributed by atoms with Crippen LogP contribution in [0.5, 0.6) is 0 Å². The molecule has 0 aliphatic rings. The van der Waals surface area contributed by atoms with Crippen molar-refractivity contribution in [2.45, 2.75) is 26.7 Å². The molecule has 1 unspecified atom stereocenters. The lowest BCUT2D eigenvalue weighted by atomic mass is 10.0. The Morgan fingerprint density at radius 3 is 2.65 bits per heavy atom. The minimum Gasteiger partial charge on any atom is -0.355 e. The highest BCUT2D eigenvalue weighted by Gasteiger charge is 2.14. The molecule has 1 atom stereocenters. The van der Waals surface area contributed by atoms with Gasteiger partial charge in [-0.3, -0.25) is 4.79 Å². The Morgan fingerprint density at radius 2 is 2.00 bits per heavy atom. The van der Waals surface area contributed by atoms with Gasteiger partial charge in [0.05, 0.1) is 0 Å². The molecule has 0 saturated heterocycles. The average molecular weight is 317 g/mol. The van der Waals surface area contributed by atoms with Gasteiger partial charge in [-0.05, 0) is 37.1 Å². The molecule has 3 nitrogen and oxygen atoms in total. The van der Waals surface area contributed by atoms with Crippen LogP contribution in [0.15, 0.2) is 18.2 Å². The quantitative estimate of drug-likeness (QED) is 0.723. The fourth-order valence-corrected chi connectivity index (χ4v) is 2.35. The van der Waals surface area contributed by atoms with Gasteiger partial charge in [0, 0.05) is 29.1 Å². The predicted octanol–water partition coefficient (Wildman–Crippen LogP) is 3.29. The van der Waals surface area contributed by atoms with E-state index in [-0.39, 0.29) is 11.8 Å². The Hall–Kier alpha value is -0.770. The van der Waals surface area contributed by atoms with E-state index in [2.05, 4.69) is 17.6 Å². The fourth-order valence-electron chi connectivity index (χ4n) is 1.86. The summed E-state index contributed by atoms with van der Waals surface area (Å²) in [5, 5.41) is 7.39. The third-order valence-corrected chi connectivity index (χ3v) is 3.60. The number of hydrogen-bond acceptors (Lipinski definition) is 2. The van der Waals surface area contributed by atoms with Gasteiger partial charge < -0.3 is 10.6 Å². The van der Waals surface area contributed by atoms with Gasteiger partial charge in [-0.2, -0.15) is 0 Å². The summed E-state index contributed by atoms with van der Waals surface area (Å²) in [7, 11) is 0. The number of carbonyl (C=O) groups excluding carboxylic acids is 1. The molecule has 20 heavy (non-hydrogen) atoms. The molecule has 0 bridgehead atoms. The number of rotatable bonds is 8. The lowest BCUT2D eigenvalue weighted by Gasteiger charge is -2.13. The van der Waals surface area contributed by atoms with Gasteiger partial charge in [0.25, 0.3) is 0 Å². The molecule has 0 aliphatic carbocycles. The molecule has 0 fully saturated rings. The molecule has 1 amide bonds. The van der Waals surface area contributed by atoms with Crippen molar-refractivity contribution in [3.8, 4) is 0 Å². The zero-order valence-electron chi connectivity index (χ0n) is 12.0. The van der Waals surface area contributed by atoms with Crippen LogP contribution in [0.4, 0.5) is 0 Å². The first-order valence-corrected chi connectivity index (χ1v) is 7.72. The summed E-state index contributed by atoms with van der Waals surface area (Å²) in [6.45, 7) is 6.45. The Bertz CT molecular complexity index is 438. The van der Waals surface area contributed by atoms with Crippen LogP contribution < -0.4 is 10.6 Å². The molecule has 1 aromatic rings. The first kappa shape index (κ1) is 17.3. The lowest BCUT2D eigenvalue weighted by molar-refractivity contribution is -0.124. The summed E-state index contributed by atoms with van der Waals surface area (Å²) in [6.07, 6.45) is 1.71. The van der Waals surface area contributed by atoms with E-state index in [1.807, 2.05) is 13.0 Å². The highest BCUT2D eigenvalue weighted by atomic mass is 35.5. The minimum atomic E-state index is -0.111. The van der Waals surface area contributed by atoms with Gasteiger partial charge in [-0.15, -0.1) is 0 Å². The van der Waals surface area contributed by atoms with E-state index in [4.69, 9.17) is 23.2 Å². The number of hydrogen-bond donors (Lipinski definition) is 2. The van der Waals surface area contributed by atoms with Crippen LogP contribution in [0.1, 0.15) is 25.8 Å². The van der Waals surface area contributed by atoms with E-state index in [0.717, 1.165) is 25.1 Å². The van der Waals surface area contributed by atoms with Crippen LogP contribution in [0.3, 0.4) is 0 Å². The van der Waals surface area contributed by atoms with E-state index >= 15 is 0 Å². The topological polar surface area (TPSA) is 41.1 Å². The predicted molar refractivity (Wildman–Crippen MR) is 85.5 cm³/mol. The minimum absolute atomic E-state index is 0.0503. The summed E-state index contributed by atoms with van der Waals surface area (Å²) < 4.78 is 0. The second-order valence-electron chi connectivity index (χ2n) is 4.88. The van der Waals surface area contributed by atoms with Crippen LogP contribution in [0.25, 0.3) is 0 Å². The summed E-state index contributed by atoms with van der Waals surface area (Å²) in [5.41, 5.74) is 0.947. The largest absolute Gasteiger partial charge is 0.355 e. The molecular weight excluding hydrogens is 295 g/mol. The highest BCUT2D eigenvalue weighted by molar-refractivity contribution is 6.35. The smallest absolute Gasteiger partial charge is 0.223 e. The van der Waals surface area contributed by atoms with Crippen molar-refractivity contribution in [1.29, 1.82) is 0 Å². The van der Waals surface area contributed by atoms with Crippen molar-refractivity contribution in [3.63, 3.8) is 0 Å². The maximum absolute atomic E-state index is 12.0. The molecule has 2 N–H and O–H groups in total. The van der Waals surface area contributed by atoms with E-state index < -0.39 is 0 Å². The Kier molecular flexibility index (Phi) is 7.97. The third-order valence-electron chi connectivity index (χ3n) is 3.02. The van der Waals surface area contributed by atoms with Crippen molar-refractivity contribution < 1.29 is 4.79 Å². The molecule has 0 saturated carbocycles. The Labute approximate surface area is 131 Å². The molecule has 1 rings (SSSR count). The van der Waals surface area contributed by atoms with Crippen molar-refractivity contribution >= 4 is 29.1 Å². The Morgan fingerprint density at radius 1 is 1.25 bits per heavy atom. The monoisotopic (exact) mass is 316 g/mol. The van der Waals surface area contributed by atoms with E-state index in [9.17, 15) is 4.79 Å². The molecule has 5 heteroatoms. The molecule has 112 valence electrons. The van der Waals surface area contributed by atoms with E-state index in [0.29, 0.717) is 23.0 Å². The number of amides is 1. The highest BCUT2D eigenvalue weighted by Crippen LogP contribution is 2.23. The lowest BCUT2D eigenvalue weighted by Crippen LogP contribution is -2.35. The zero-order chi connectivity index (χ0) is 15.0. The molecule has 0 radical (unpaired) electrons. The standard InChI is InChI=1S/C15H22Cl2N2O/c1-3-6-18-7-8-19-15(20)11(2)9-12-4-5-13(16)10-14(12)17/h4-5,10-11,18H,3,6-9H2,1-2H3,(H,19,20). The third kappa shape index (κ3) is 6.12. The van der Waals surface area contributed by atoms with E-state index in [1.165, 1.54) is 0 Å². The Balaban J connectivity index is 2.37. The second kappa shape index (κ2) is 9.22. The first-order valence-electron chi connectivity index (χ1n) is 6.97. The summed E-state index contributed by atoms with van der Waals surface area (Å²) in [6, 6.07) is 5.37. The molecule has 0 spiro atoms. The van der Waals surface area contributed by atoms with E-state index in [1.54, 1.807) is 12.1 Å². The number of nitrogens with one attached hydrogen (secondary N) is 2. The summed E-state index contributed by atoms with van der Waals surface area (Å²) in [4.78, 5) is 12.0. The van der Waals surface area contributed by atoms with Gasteiger partial charge >= 0.3 is 0 Å². The number of benzene rings is 1. The maximum Gasteiger partial charge on any atom is 0.223 e. The van der Waals surface area contributed by atoms with Crippen LogP contribution in [-0.4, -0.2) is 25.5 Å². The molecule has 0 heterocycles. The van der Waals surface area contributed by atoms with Crippen molar-refractivity contribution in [1.82, 2.24) is 10.6 Å². The number of carbonyl (C=O) groups is 1. The first-order chi connectivity index (χ1) is 9.54. The van der Waals surface area contributed by atoms with Crippen molar-refractivity contribution in [2.75, 3.05) is 19.6 Å². The van der Waals surface area contributed by atoms with Crippen molar-refractivity contribution in [3.05, 3.63) is 33.8 Å². The second-order valence-corrected chi connectivity index (χ2v) is 5.73. The maximum atomic E-state index is 12.0. The van der Waals surface area contributed by atoms with Gasteiger partial charge in [0.2, 0.25) is 5.91 Å². The van der Waals surface area contributed by atoms with Crippen LogP contribution >= 0.6 is 23.2 Å². The normalized spacial score (nSPS) is 12.2. The van der Waals surface area contributed by atoms with Crippen LogP contribution in [0, 0.1) is 5.92 Å². The summed E-state index contributed by atoms with van der Waals surface area (Å²) in [5.74, 6) is -0.0610. The van der Waals surface area contributed by atoms with Crippen LogP contribution in [-0.2, 0) is 11.2 Å². The molecule has 1 aromatic carbocycles. The van der Waals surface area contributed by atoms with Crippen molar-refractivity contribution in [2.24, 2.45) is 5.92 Å². The van der Waals surface area contributed by atoms with Gasteiger partial charge in [-0.1, -0.05) is 43.1 Å². The zero-order valence-corrected chi connectivity index (χ0v) is 13.5. The average Bonchev–Trinajstić information content (AvgIpc) is 2.41. The van der Waals surface area contributed by atoms with Gasteiger partial charge in [0.1, 0.15) is 0 Å². The van der Waals surface area contributed by atoms with Crippen LogP contribution in [0.2, 0.25) is 10.0 Å². The van der Waals surface area contributed by atoms with Gasteiger partial charge in [-0.25, -0.2) is 0 Å². The molecular formula is C15H22Cl2N2O. The molecule has 0 aromatic heterocycles. The molecule has 0 aliphatic heterocycles.